The lowest BCUT2D eigenvalue weighted by Gasteiger charge is -2.33. The van der Waals surface area contributed by atoms with E-state index in [4.69, 9.17) is 0 Å². The second-order valence-corrected chi connectivity index (χ2v) is 6.38. The molecule has 0 spiro atoms. The van der Waals surface area contributed by atoms with Crippen LogP contribution in [0.2, 0.25) is 0 Å². The van der Waals surface area contributed by atoms with Crippen LogP contribution in [0, 0.1) is 12.8 Å². The van der Waals surface area contributed by atoms with Gasteiger partial charge in [0.25, 0.3) is 5.91 Å². The molecular formula is C19H17NO3. The fraction of sp³-hybridized carbons (Fsp3) is 0.263. The number of anilines is 1. The maximum absolute atomic E-state index is 12.9. The summed E-state index contributed by atoms with van der Waals surface area (Å²) < 4.78 is 0. The predicted molar refractivity (Wildman–Crippen MR) is 86.3 cm³/mol. The first-order valence-corrected chi connectivity index (χ1v) is 7.79. The lowest BCUT2D eigenvalue weighted by atomic mass is 9.71. The zero-order valence-electron chi connectivity index (χ0n) is 12.8. The molecule has 4 rings (SSSR count). The molecule has 4 heteroatoms. The van der Waals surface area contributed by atoms with Crippen LogP contribution >= 0.6 is 0 Å². The number of ketones is 1. The van der Waals surface area contributed by atoms with Crippen LogP contribution in [0.15, 0.2) is 42.5 Å². The Morgan fingerprint density at radius 2 is 1.96 bits per heavy atom. The summed E-state index contributed by atoms with van der Waals surface area (Å²) >= 11 is 0. The topological polar surface area (TPSA) is 66.4 Å². The predicted octanol–water partition coefficient (Wildman–Crippen LogP) is 2.58. The number of hydrogen-bond acceptors (Lipinski definition) is 3. The van der Waals surface area contributed by atoms with Crippen molar-refractivity contribution in [2.75, 3.05) is 5.32 Å². The number of hydrogen-bond donors (Lipinski definition) is 2. The van der Waals surface area contributed by atoms with Gasteiger partial charge in [-0.05, 0) is 31.4 Å². The standard InChI is InChI=1S/C19H17NO3/c1-11-6-9-16-15(10-11)19(23,18(22)20-16)14-8-7-12-4-2-3-5-13(12)17(14)21/h2-6,9-10,14,23H,7-8H2,1H3,(H,20,22). The first kappa shape index (κ1) is 14.2. The Balaban J connectivity index is 1.84. The molecule has 0 bridgehead atoms. The number of fused-ring (bicyclic) bond motifs is 2. The SMILES string of the molecule is Cc1ccc2c(c1)C(O)(C1CCc3ccccc3C1=O)C(=O)N2. The molecule has 0 saturated carbocycles. The summed E-state index contributed by atoms with van der Waals surface area (Å²) in [6, 6.07) is 12.9. The van der Waals surface area contributed by atoms with Crippen molar-refractivity contribution in [2.24, 2.45) is 5.92 Å². The average molecular weight is 307 g/mol. The minimum atomic E-state index is -1.79. The van der Waals surface area contributed by atoms with E-state index in [9.17, 15) is 14.7 Å². The molecule has 1 aliphatic carbocycles. The summed E-state index contributed by atoms with van der Waals surface area (Å²) in [5, 5.41) is 13.9. The monoisotopic (exact) mass is 307 g/mol. The highest BCUT2D eigenvalue weighted by Crippen LogP contribution is 2.45. The third kappa shape index (κ3) is 1.88. The second-order valence-electron chi connectivity index (χ2n) is 6.38. The third-order valence-electron chi connectivity index (χ3n) is 4.99. The Hall–Kier alpha value is -2.46. The van der Waals surface area contributed by atoms with Crippen molar-refractivity contribution in [1.82, 2.24) is 0 Å². The smallest absolute Gasteiger partial charge is 0.261 e. The van der Waals surface area contributed by atoms with Gasteiger partial charge < -0.3 is 10.4 Å². The van der Waals surface area contributed by atoms with Gasteiger partial charge in [0.1, 0.15) is 0 Å². The van der Waals surface area contributed by atoms with Gasteiger partial charge in [-0.1, -0.05) is 42.0 Å². The molecule has 0 aromatic heterocycles. The minimum Gasteiger partial charge on any atom is -0.375 e. The van der Waals surface area contributed by atoms with E-state index in [0.717, 1.165) is 11.1 Å². The second kappa shape index (κ2) is 4.77. The van der Waals surface area contributed by atoms with Gasteiger partial charge in [-0.15, -0.1) is 0 Å². The molecule has 1 heterocycles. The van der Waals surface area contributed by atoms with E-state index < -0.39 is 17.4 Å². The zero-order valence-corrected chi connectivity index (χ0v) is 12.8. The van der Waals surface area contributed by atoms with E-state index in [0.29, 0.717) is 29.7 Å². The van der Waals surface area contributed by atoms with Crippen molar-refractivity contribution < 1.29 is 14.7 Å². The first-order chi connectivity index (χ1) is 11.0. The van der Waals surface area contributed by atoms with Crippen LogP contribution in [0.3, 0.4) is 0 Å². The molecule has 2 aromatic rings. The Morgan fingerprint density at radius 1 is 1.17 bits per heavy atom. The Labute approximate surface area is 134 Å². The van der Waals surface area contributed by atoms with Crippen molar-refractivity contribution in [3.05, 3.63) is 64.7 Å². The number of carbonyl (C=O) groups excluding carboxylic acids is 2. The first-order valence-electron chi connectivity index (χ1n) is 7.79. The van der Waals surface area contributed by atoms with Gasteiger partial charge in [-0.2, -0.15) is 0 Å². The van der Waals surface area contributed by atoms with E-state index in [1.165, 1.54) is 0 Å². The summed E-state index contributed by atoms with van der Waals surface area (Å²) in [5.74, 6) is -1.41. The van der Waals surface area contributed by atoms with Gasteiger partial charge in [-0.25, -0.2) is 0 Å². The van der Waals surface area contributed by atoms with Gasteiger partial charge >= 0.3 is 0 Å². The lowest BCUT2D eigenvalue weighted by Crippen LogP contribution is -2.47. The molecule has 2 unspecified atom stereocenters. The average Bonchev–Trinajstić information content (AvgIpc) is 2.80. The van der Waals surface area contributed by atoms with Crippen molar-refractivity contribution >= 4 is 17.4 Å². The summed E-state index contributed by atoms with van der Waals surface area (Å²) in [4.78, 5) is 25.4. The van der Waals surface area contributed by atoms with Crippen LogP contribution in [0.5, 0.6) is 0 Å². The molecular weight excluding hydrogens is 290 g/mol. The van der Waals surface area contributed by atoms with Crippen LogP contribution in [-0.4, -0.2) is 16.8 Å². The van der Waals surface area contributed by atoms with E-state index in [1.807, 2.05) is 31.2 Å². The van der Waals surface area contributed by atoms with Crippen LogP contribution in [0.4, 0.5) is 5.69 Å². The van der Waals surface area contributed by atoms with Gasteiger partial charge in [0.15, 0.2) is 11.4 Å². The molecule has 0 saturated heterocycles. The van der Waals surface area contributed by atoms with E-state index in [2.05, 4.69) is 5.32 Å². The Kier molecular flexibility index (Phi) is 2.93. The van der Waals surface area contributed by atoms with Gasteiger partial charge in [0.2, 0.25) is 0 Å². The largest absolute Gasteiger partial charge is 0.375 e. The van der Waals surface area contributed by atoms with Crippen molar-refractivity contribution in [2.45, 2.75) is 25.4 Å². The number of rotatable bonds is 1. The van der Waals surface area contributed by atoms with Crippen molar-refractivity contribution in [3.8, 4) is 0 Å². The molecule has 2 aromatic carbocycles. The molecule has 4 nitrogen and oxygen atoms in total. The number of amides is 1. The number of aryl methyl sites for hydroxylation is 2. The molecule has 1 aliphatic heterocycles. The molecule has 23 heavy (non-hydrogen) atoms. The van der Waals surface area contributed by atoms with Crippen molar-refractivity contribution in [1.29, 1.82) is 0 Å². The fourth-order valence-electron chi connectivity index (χ4n) is 3.76. The molecule has 2 aliphatic rings. The van der Waals surface area contributed by atoms with Gasteiger partial charge in [-0.3, -0.25) is 9.59 Å². The van der Waals surface area contributed by atoms with Crippen molar-refractivity contribution in [3.63, 3.8) is 0 Å². The van der Waals surface area contributed by atoms with Gasteiger partial charge in [0, 0.05) is 16.8 Å². The maximum Gasteiger partial charge on any atom is 0.261 e. The highest BCUT2D eigenvalue weighted by molar-refractivity contribution is 6.11. The Morgan fingerprint density at radius 3 is 2.78 bits per heavy atom. The quantitative estimate of drug-likeness (QED) is 0.851. The number of carbonyl (C=O) groups is 2. The highest BCUT2D eigenvalue weighted by Gasteiger charge is 2.54. The van der Waals surface area contributed by atoms with E-state index in [-0.39, 0.29) is 5.78 Å². The molecule has 0 fully saturated rings. The summed E-state index contributed by atoms with van der Waals surface area (Å²) in [6.07, 6.45) is 1.15. The summed E-state index contributed by atoms with van der Waals surface area (Å²) in [5.41, 5.74) is 1.87. The lowest BCUT2D eigenvalue weighted by molar-refractivity contribution is -0.138. The number of aliphatic hydroxyl groups is 1. The number of Topliss-reactive ketones (excluding diaryl/α,β-unsaturated/α-hetero) is 1. The molecule has 2 atom stereocenters. The van der Waals surface area contributed by atoms with Crippen LogP contribution < -0.4 is 5.32 Å². The fourth-order valence-corrected chi connectivity index (χ4v) is 3.76. The minimum absolute atomic E-state index is 0.154. The number of benzene rings is 2. The van der Waals surface area contributed by atoms with Crippen LogP contribution in [0.25, 0.3) is 0 Å². The summed E-state index contributed by atoms with van der Waals surface area (Å²) in [7, 11) is 0. The van der Waals surface area contributed by atoms with Crippen LogP contribution in [0.1, 0.15) is 33.5 Å². The third-order valence-corrected chi connectivity index (χ3v) is 4.99. The molecule has 116 valence electrons. The van der Waals surface area contributed by atoms with E-state index >= 15 is 0 Å². The molecule has 2 N–H and O–H groups in total. The van der Waals surface area contributed by atoms with Gasteiger partial charge in [0.05, 0.1) is 5.92 Å². The Bertz CT molecular complexity index is 842. The van der Waals surface area contributed by atoms with Crippen LogP contribution in [-0.2, 0) is 16.8 Å². The maximum atomic E-state index is 12.9. The zero-order chi connectivity index (χ0) is 16.2. The van der Waals surface area contributed by atoms with E-state index in [1.54, 1.807) is 18.2 Å². The number of nitrogens with one attached hydrogen (secondary N) is 1. The molecule has 1 amide bonds. The highest BCUT2D eigenvalue weighted by atomic mass is 16.3. The normalized spacial score (nSPS) is 25.7. The molecule has 0 radical (unpaired) electrons. The summed E-state index contributed by atoms with van der Waals surface area (Å²) in [6.45, 7) is 1.90.